The van der Waals surface area contributed by atoms with Crippen LogP contribution < -0.4 is 0 Å². The van der Waals surface area contributed by atoms with Gasteiger partial charge in [0, 0.05) is 18.7 Å². The summed E-state index contributed by atoms with van der Waals surface area (Å²) >= 11 is 0. The fraction of sp³-hybridized carbons (Fsp3) is 0.357. The zero-order chi connectivity index (χ0) is 15.2. The number of rotatable bonds is 3. The largest absolute Gasteiger partial charge is 0.465 e. The Morgan fingerprint density at radius 2 is 2.05 bits per heavy atom. The molecule has 0 radical (unpaired) electrons. The second-order valence-electron chi connectivity index (χ2n) is 4.33. The number of aliphatic imine (C=N–C) groups is 1. The molecule has 0 N–H and O–H groups in total. The normalized spacial score (nSPS) is 14.2. The van der Waals surface area contributed by atoms with Crippen molar-refractivity contribution in [2.24, 2.45) is 4.99 Å². The summed E-state index contributed by atoms with van der Waals surface area (Å²) in [5, 5.41) is 0. The highest BCUT2D eigenvalue weighted by molar-refractivity contribution is 6.00. The van der Waals surface area contributed by atoms with Crippen LogP contribution in [0.5, 0.6) is 0 Å². The Kier molecular flexibility index (Phi) is 4.81. The lowest BCUT2D eigenvalue weighted by atomic mass is 10.1. The second-order valence-corrected chi connectivity index (χ2v) is 4.33. The maximum Gasteiger partial charge on any atom is 0.340 e. The molecule has 110 valence electrons. The first kappa shape index (κ1) is 14.9. The number of isocyanates is 1. The molecule has 21 heavy (non-hydrogen) atoms. The van der Waals surface area contributed by atoms with Gasteiger partial charge in [0.05, 0.1) is 31.6 Å². The molecule has 2 rings (SSSR count). The SMILES string of the molecule is COC(=O)c1ccc(C(=O)N2CCOCC2)cc1N=C=O. The predicted octanol–water partition coefficient (Wildman–Crippen LogP) is 0.913. The zero-order valence-electron chi connectivity index (χ0n) is 11.5. The van der Waals surface area contributed by atoms with E-state index < -0.39 is 5.97 Å². The molecule has 1 saturated heterocycles. The molecule has 0 atom stereocenters. The standard InChI is InChI=1S/C14H14N2O5/c1-20-14(19)11-3-2-10(8-12(11)15-9-17)13(18)16-4-6-21-7-5-16/h2-3,8H,4-7H2,1H3. The lowest BCUT2D eigenvalue weighted by Crippen LogP contribution is -2.40. The average Bonchev–Trinajstić information content (AvgIpc) is 2.54. The number of nitrogens with zero attached hydrogens (tertiary/aromatic N) is 2. The first-order chi connectivity index (χ1) is 10.2. The molecule has 1 aromatic rings. The van der Waals surface area contributed by atoms with E-state index in [9.17, 15) is 14.4 Å². The first-order valence-corrected chi connectivity index (χ1v) is 6.34. The van der Waals surface area contributed by atoms with Gasteiger partial charge in [0.2, 0.25) is 6.08 Å². The van der Waals surface area contributed by atoms with Crippen LogP contribution in [0.1, 0.15) is 20.7 Å². The van der Waals surface area contributed by atoms with E-state index in [1.165, 1.54) is 31.4 Å². The summed E-state index contributed by atoms with van der Waals surface area (Å²) in [5.41, 5.74) is 0.522. The smallest absolute Gasteiger partial charge is 0.340 e. The molecule has 0 saturated carbocycles. The van der Waals surface area contributed by atoms with Gasteiger partial charge in [-0.2, -0.15) is 4.99 Å². The summed E-state index contributed by atoms with van der Waals surface area (Å²) in [6.07, 6.45) is 1.37. The number of methoxy groups -OCH3 is 1. The van der Waals surface area contributed by atoms with Gasteiger partial charge in [0.25, 0.3) is 5.91 Å². The van der Waals surface area contributed by atoms with Crippen molar-refractivity contribution in [2.75, 3.05) is 33.4 Å². The summed E-state index contributed by atoms with van der Waals surface area (Å²) in [6, 6.07) is 4.30. The topological polar surface area (TPSA) is 85.3 Å². The number of amides is 1. The van der Waals surface area contributed by atoms with Gasteiger partial charge in [-0.3, -0.25) is 4.79 Å². The lowest BCUT2D eigenvalue weighted by molar-refractivity contribution is 0.0302. The van der Waals surface area contributed by atoms with Crippen molar-refractivity contribution in [3.8, 4) is 0 Å². The molecule has 0 bridgehead atoms. The Balaban J connectivity index is 2.32. The fourth-order valence-electron chi connectivity index (χ4n) is 2.04. The fourth-order valence-corrected chi connectivity index (χ4v) is 2.04. The number of hydrogen-bond acceptors (Lipinski definition) is 6. The third-order valence-corrected chi connectivity index (χ3v) is 3.11. The molecular weight excluding hydrogens is 276 g/mol. The van der Waals surface area contributed by atoms with Gasteiger partial charge in [-0.25, -0.2) is 9.59 Å². The summed E-state index contributed by atoms with van der Waals surface area (Å²) in [4.78, 5) is 39.5. The summed E-state index contributed by atoms with van der Waals surface area (Å²) in [5.74, 6) is -0.827. The number of morpholine rings is 1. The molecule has 1 aliphatic rings. The van der Waals surface area contributed by atoms with Crippen molar-refractivity contribution >= 4 is 23.6 Å². The van der Waals surface area contributed by atoms with Gasteiger partial charge < -0.3 is 14.4 Å². The number of esters is 1. The molecule has 1 aromatic carbocycles. The highest BCUT2D eigenvalue weighted by Gasteiger charge is 2.21. The van der Waals surface area contributed by atoms with Crippen LogP contribution in [-0.4, -0.2) is 56.3 Å². The third-order valence-electron chi connectivity index (χ3n) is 3.11. The van der Waals surface area contributed by atoms with Crippen LogP contribution >= 0.6 is 0 Å². The van der Waals surface area contributed by atoms with E-state index in [4.69, 9.17) is 4.74 Å². The zero-order valence-corrected chi connectivity index (χ0v) is 11.5. The number of benzene rings is 1. The molecule has 1 fully saturated rings. The van der Waals surface area contributed by atoms with Gasteiger partial charge in [0.15, 0.2) is 0 Å². The van der Waals surface area contributed by atoms with E-state index in [1.54, 1.807) is 4.90 Å². The minimum Gasteiger partial charge on any atom is -0.465 e. The Bertz CT molecular complexity index is 601. The molecule has 7 nitrogen and oxygen atoms in total. The van der Waals surface area contributed by atoms with Crippen molar-refractivity contribution in [1.82, 2.24) is 4.90 Å². The van der Waals surface area contributed by atoms with Crippen molar-refractivity contribution in [3.05, 3.63) is 29.3 Å². The molecule has 0 spiro atoms. The van der Waals surface area contributed by atoms with Gasteiger partial charge >= 0.3 is 5.97 Å². The molecule has 7 heteroatoms. The van der Waals surface area contributed by atoms with Crippen molar-refractivity contribution in [3.63, 3.8) is 0 Å². The van der Waals surface area contributed by atoms with E-state index in [2.05, 4.69) is 9.73 Å². The monoisotopic (exact) mass is 290 g/mol. The van der Waals surface area contributed by atoms with Crippen LogP contribution in [0.3, 0.4) is 0 Å². The predicted molar refractivity (Wildman–Crippen MR) is 72.3 cm³/mol. The Labute approximate surface area is 121 Å². The molecule has 1 heterocycles. The molecule has 0 unspecified atom stereocenters. The maximum absolute atomic E-state index is 12.3. The van der Waals surface area contributed by atoms with Gasteiger partial charge in [-0.15, -0.1) is 0 Å². The lowest BCUT2D eigenvalue weighted by Gasteiger charge is -2.27. The van der Waals surface area contributed by atoms with Crippen LogP contribution in [0.25, 0.3) is 0 Å². The average molecular weight is 290 g/mol. The minimum atomic E-state index is -0.630. The van der Waals surface area contributed by atoms with Gasteiger partial charge in [-0.1, -0.05) is 0 Å². The summed E-state index contributed by atoms with van der Waals surface area (Å²) < 4.78 is 9.79. The van der Waals surface area contributed by atoms with E-state index in [-0.39, 0.29) is 17.2 Å². The number of carbonyl (C=O) groups is 2. The number of hydrogen-bond donors (Lipinski definition) is 0. The van der Waals surface area contributed by atoms with Crippen molar-refractivity contribution in [1.29, 1.82) is 0 Å². The second kappa shape index (κ2) is 6.78. The highest BCUT2D eigenvalue weighted by Crippen LogP contribution is 2.22. The van der Waals surface area contributed by atoms with Crippen LogP contribution in [0.2, 0.25) is 0 Å². The summed E-state index contributed by atoms with van der Waals surface area (Å²) in [6.45, 7) is 1.99. The first-order valence-electron chi connectivity index (χ1n) is 6.34. The molecule has 0 aromatic heterocycles. The Morgan fingerprint density at radius 3 is 2.67 bits per heavy atom. The van der Waals surface area contributed by atoms with Crippen LogP contribution in [0, 0.1) is 0 Å². The summed E-state index contributed by atoms with van der Waals surface area (Å²) in [7, 11) is 1.23. The minimum absolute atomic E-state index is 0.0657. The number of ether oxygens (including phenoxy) is 2. The Morgan fingerprint density at radius 1 is 1.33 bits per heavy atom. The van der Waals surface area contributed by atoms with Crippen molar-refractivity contribution in [2.45, 2.75) is 0 Å². The highest BCUT2D eigenvalue weighted by atomic mass is 16.5. The molecular formula is C14H14N2O5. The number of carbonyl (C=O) groups excluding carboxylic acids is 3. The van der Waals surface area contributed by atoms with Crippen LogP contribution in [0.15, 0.2) is 23.2 Å². The third kappa shape index (κ3) is 3.34. The van der Waals surface area contributed by atoms with Crippen LogP contribution in [-0.2, 0) is 14.3 Å². The Hall–Kier alpha value is -2.50. The van der Waals surface area contributed by atoms with Gasteiger partial charge in [0.1, 0.15) is 0 Å². The molecule has 1 amide bonds. The van der Waals surface area contributed by atoms with E-state index in [0.29, 0.717) is 31.9 Å². The van der Waals surface area contributed by atoms with Gasteiger partial charge in [-0.05, 0) is 18.2 Å². The van der Waals surface area contributed by atoms with E-state index >= 15 is 0 Å². The van der Waals surface area contributed by atoms with E-state index in [0.717, 1.165) is 0 Å². The van der Waals surface area contributed by atoms with Crippen molar-refractivity contribution < 1.29 is 23.9 Å². The van der Waals surface area contributed by atoms with E-state index in [1.807, 2.05) is 0 Å². The van der Waals surface area contributed by atoms with Crippen LogP contribution in [0.4, 0.5) is 5.69 Å². The molecule has 0 aliphatic carbocycles. The quantitative estimate of drug-likeness (QED) is 0.469. The molecule has 1 aliphatic heterocycles. The maximum atomic E-state index is 12.3.